The molecule has 4 fully saturated rings. The molecule has 6 atom stereocenters. The van der Waals surface area contributed by atoms with Gasteiger partial charge >= 0.3 is 0 Å². The average Bonchev–Trinajstić information content (AvgIpc) is 2.86. The minimum atomic E-state index is -0.156. The second kappa shape index (κ2) is 4.70. The first-order valence-corrected chi connectivity index (χ1v) is 9.77. The topological polar surface area (TPSA) is 34.1 Å². The second-order valence-corrected chi connectivity index (χ2v) is 10.1. The van der Waals surface area contributed by atoms with Crippen molar-refractivity contribution in [2.45, 2.75) is 79.1 Å². The monoisotopic (exact) mass is 316 g/mol. The number of hydrogen-bond donors (Lipinski definition) is 0. The van der Waals surface area contributed by atoms with Gasteiger partial charge in [0, 0.05) is 24.2 Å². The van der Waals surface area contributed by atoms with E-state index in [1.165, 1.54) is 19.3 Å². The smallest absolute Gasteiger partial charge is 0.138 e. The Bertz CT molecular complexity index is 562. The van der Waals surface area contributed by atoms with Gasteiger partial charge in [-0.25, -0.2) is 0 Å². The molecule has 0 unspecified atom stereocenters. The first-order chi connectivity index (χ1) is 10.7. The van der Waals surface area contributed by atoms with Gasteiger partial charge in [-0.05, 0) is 67.1 Å². The van der Waals surface area contributed by atoms with Gasteiger partial charge in [0.25, 0.3) is 0 Å². The maximum Gasteiger partial charge on any atom is 0.138 e. The fourth-order valence-electron chi connectivity index (χ4n) is 7.90. The number of carbonyl (C=O) groups is 2. The van der Waals surface area contributed by atoms with E-state index in [1.54, 1.807) is 0 Å². The van der Waals surface area contributed by atoms with E-state index >= 15 is 0 Å². The van der Waals surface area contributed by atoms with Crippen molar-refractivity contribution in [3.8, 4) is 0 Å². The summed E-state index contributed by atoms with van der Waals surface area (Å²) >= 11 is 0. The molecule has 4 aliphatic rings. The number of Topliss-reactive ketones (excluding diaryl/α,β-unsaturated/α-hetero) is 2. The van der Waals surface area contributed by atoms with Crippen LogP contribution in [0.1, 0.15) is 79.1 Å². The summed E-state index contributed by atoms with van der Waals surface area (Å²) < 4.78 is 0. The minimum absolute atomic E-state index is 0.156. The van der Waals surface area contributed by atoms with Crippen LogP contribution in [-0.2, 0) is 9.59 Å². The van der Waals surface area contributed by atoms with E-state index in [2.05, 4.69) is 27.7 Å². The molecule has 128 valence electrons. The summed E-state index contributed by atoms with van der Waals surface area (Å²) in [5.41, 5.74) is 0.467. The van der Waals surface area contributed by atoms with Crippen LogP contribution in [-0.4, -0.2) is 11.6 Å². The standard InChI is InChI=1S/C21H32O2/c1-19(2)16-9-11-20(3)14-6-7-15(22)13(14)5-8-17(20)21(16,4)12-10-18(19)23/h13-14,16-17H,5-12H2,1-4H3/t13-,14+,16-,17-,20-,21-/m0/s1. The van der Waals surface area contributed by atoms with Crippen LogP contribution in [0.25, 0.3) is 0 Å². The third-order valence-corrected chi connectivity index (χ3v) is 9.05. The van der Waals surface area contributed by atoms with E-state index in [4.69, 9.17) is 0 Å². The molecule has 0 spiro atoms. The Hall–Kier alpha value is -0.660. The highest BCUT2D eigenvalue weighted by Gasteiger charge is 2.64. The predicted octanol–water partition coefficient (Wildman–Crippen LogP) is 4.80. The lowest BCUT2D eigenvalue weighted by molar-refractivity contribution is -0.178. The van der Waals surface area contributed by atoms with Crippen molar-refractivity contribution in [3.05, 3.63) is 0 Å². The number of carbonyl (C=O) groups excluding carboxylic acids is 2. The highest BCUT2D eigenvalue weighted by atomic mass is 16.1. The second-order valence-electron chi connectivity index (χ2n) is 10.1. The third-order valence-electron chi connectivity index (χ3n) is 9.05. The summed E-state index contributed by atoms with van der Waals surface area (Å²) in [6.45, 7) is 9.39. The Morgan fingerprint density at radius 2 is 1.52 bits per heavy atom. The van der Waals surface area contributed by atoms with Crippen LogP contribution in [0, 0.1) is 39.9 Å². The molecule has 23 heavy (non-hydrogen) atoms. The number of ketones is 2. The maximum absolute atomic E-state index is 12.5. The molecule has 4 aliphatic carbocycles. The maximum atomic E-state index is 12.5. The van der Waals surface area contributed by atoms with Crippen molar-refractivity contribution in [2.24, 2.45) is 39.9 Å². The Kier molecular flexibility index (Phi) is 3.24. The lowest BCUT2D eigenvalue weighted by Crippen LogP contribution is -2.60. The molecular weight excluding hydrogens is 284 g/mol. The van der Waals surface area contributed by atoms with Gasteiger partial charge < -0.3 is 0 Å². The van der Waals surface area contributed by atoms with Crippen molar-refractivity contribution in [1.29, 1.82) is 0 Å². The number of rotatable bonds is 0. The van der Waals surface area contributed by atoms with Crippen molar-refractivity contribution in [2.75, 3.05) is 0 Å². The summed E-state index contributed by atoms with van der Waals surface area (Å²) in [4.78, 5) is 24.8. The highest BCUT2D eigenvalue weighted by molar-refractivity contribution is 5.85. The molecule has 0 amide bonds. The van der Waals surface area contributed by atoms with Crippen LogP contribution in [0.5, 0.6) is 0 Å². The Morgan fingerprint density at radius 3 is 2.26 bits per heavy atom. The average molecular weight is 316 g/mol. The third kappa shape index (κ3) is 1.87. The number of hydrogen-bond acceptors (Lipinski definition) is 2. The zero-order valence-corrected chi connectivity index (χ0v) is 15.3. The molecule has 0 radical (unpaired) electrons. The van der Waals surface area contributed by atoms with Crippen LogP contribution in [0.3, 0.4) is 0 Å². The van der Waals surface area contributed by atoms with Crippen LogP contribution < -0.4 is 0 Å². The Morgan fingerprint density at radius 1 is 0.783 bits per heavy atom. The molecule has 0 N–H and O–H groups in total. The van der Waals surface area contributed by atoms with Gasteiger partial charge in [-0.15, -0.1) is 0 Å². The normalized spacial score (nSPS) is 51.8. The predicted molar refractivity (Wildman–Crippen MR) is 90.9 cm³/mol. The van der Waals surface area contributed by atoms with Gasteiger partial charge in [-0.1, -0.05) is 27.7 Å². The van der Waals surface area contributed by atoms with Gasteiger partial charge in [0.2, 0.25) is 0 Å². The van der Waals surface area contributed by atoms with Crippen molar-refractivity contribution >= 4 is 11.6 Å². The molecule has 0 saturated heterocycles. The van der Waals surface area contributed by atoms with E-state index < -0.39 is 0 Å². The summed E-state index contributed by atoms with van der Waals surface area (Å²) in [5, 5.41) is 0. The molecule has 0 aliphatic heterocycles. The van der Waals surface area contributed by atoms with Crippen molar-refractivity contribution < 1.29 is 9.59 Å². The molecule has 0 aromatic rings. The first-order valence-electron chi connectivity index (χ1n) is 9.77. The van der Waals surface area contributed by atoms with Gasteiger partial charge in [0.05, 0.1) is 0 Å². The summed E-state index contributed by atoms with van der Waals surface area (Å²) in [6, 6.07) is 0. The zero-order valence-electron chi connectivity index (χ0n) is 15.3. The zero-order chi connectivity index (χ0) is 16.6. The molecular formula is C21H32O2. The van der Waals surface area contributed by atoms with E-state index in [0.29, 0.717) is 46.1 Å². The number of fused-ring (bicyclic) bond motifs is 5. The summed E-state index contributed by atoms with van der Waals surface area (Å²) in [7, 11) is 0. The van der Waals surface area contributed by atoms with Crippen LogP contribution in [0.2, 0.25) is 0 Å². The molecule has 2 heteroatoms. The van der Waals surface area contributed by atoms with E-state index in [9.17, 15) is 9.59 Å². The SMILES string of the molecule is CC1(C)C(=O)CC[C@]2(C)[C@H]3CC[C@@H]4C(=O)CC[C@H]4[C@]3(C)CC[C@@H]12. The van der Waals surface area contributed by atoms with Crippen LogP contribution >= 0.6 is 0 Å². The van der Waals surface area contributed by atoms with E-state index in [-0.39, 0.29) is 5.41 Å². The quantitative estimate of drug-likeness (QED) is 0.643. The molecule has 0 aromatic heterocycles. The highest BCUT2D eigenvalue weighted by Crippen LogP contribution is 2.69. The van der Waals surface area contributed by atoms with Gasteiger partial charge in [-0.3, -0.25) is 9.59 Å². The molecule has 0 aromatic carbocycles. The fraction of sp³-hybridized carbons (Fsp3) is 0.905. The van der Waals surface area contributed by atoms with Crippen molar-refractivity contribution in [3.63, 3.8) is 0 Å². The Balaban J connectivity index is 1.73. The molecule has 4 saturated carbocycles. The summed E-state index contributed by atoms with van der Waals surface area (Å²) in [5.74, 6) is 3.23. The lowest BCUT2D eigenvalue weighted by atomic mass is 9.39. The largest absolute Gasteiger partial charge is 0.299 e. The molecule has 0 heterocycles. The van der Waals surface area contributed by atoms with Gasteiger partial charge in [0.1, 0.15) is 11.6 Å². The summed E-state index contributed by atoms with van der Waals surface area (Å²) in [6.07, 6.45) is 8.51. The van der Waals surface area contributed by atoms with E-state index in [0.717, 1.165) is 32.1 Å². The first kappa shape index (κ1) is 15.8. The van der Waals surface area contributed by atoms with Crippen molar-refractivity contribution in [1.82, 2.24) is 0 Å². The lowest BCUT2D eigenvalue weighted by Gasteiger charge is -2.65. The molecule has 0 bridgehead atoms. The minimum Gasteiger partial charge on any atom is -0.299 e. The van der Waals surface area contributed by atoms with E-state index in [1.807, 2.05) is 0 Å². The fourth-order valence-corrected chi connectivity index (χ4v) is 7.90. The molecule has 4 rings (SSSR count). The van der Waals surface area contributed by atoms with Crippen LogP contribution in [0.15, 0.2) is 0 Å². The molecule has 2 nitrogen and oxygen atoms in total. The van der Waals surface area contributed by atoms with Gasteiger partial charge in [0.15, 0.2) is 0 Å². The van der Waals surface area contributed by atoms with Crippen LogP contribution in [0.4, 0.5) is 0 Å². The van der Waals surface area contributed by atoms with Gasteiger partial charge in [-0.2, -0.15) is 0 Å². The Labute approximate surface area is 140 Å².